The van der Waals surface area contributed by atoms with Crippen LogP contribution < -0.4 is 15.0 Å². The van der Waals surface area contributed by atoms with E-state index in [4.69, 9.17) is 9.47 Å². The summed E-state index contributed by atoms with van der Waals surface area (Å²) in [7, 11) is 2.06. The van der Waals surface area contributed by atoms with E-state index < -0.39 is 35.6 Å². The van der Waals surface area contributed by atoms with Crippen molar-refractivity contribution in [1.29, 1.82) is 0 Å². The molecule has 1 N–H and O–H groups in total. The van der Waals surface area contributed by atoms with Gasteiger partial charge in [0.25, 0.3) is 17.7 Å². The van der Waals surface area contributed by atoms with Crippen molar-refractivity contribution in [2.45, 2.75) is 62.7 Å². The molecule has 0 bridgehead atoms. The van der Waals surface area contributed by atoms with Gasteiger partial charge >= 0.3 is 0 Å². The normalized spacial score (nSPS) is 21.5. The van der Waals surface area contributed by atoms with Crippen molar-refractivity contribution in [3.8, 4) is 17.0 Å². The first-order valence-corrected chi connectivity index (χ1v) is 19.8. The third-order valence-corrected chi connectivity index (χ3v) is 11.9. The standard InChI is InChI=1S/C43H43F2N7O6/c1-49-35-11-13-46-24-34(35)31-6-3-26(19-37(31)49)27-4-10-39(47-23-27)58-30-21-29(22-30)57-18-2-12-43(44,45)25-50-14-16-51(17-15-50)28-5-7-32-33(20-28)42(56)52(41(32)55)36-8-9-38(53)48-40(36)54/h3-7,10-11,13,19-20,23-24,29-30,36H,2,8-9,12,14-18,21-22,25H2,1H3,(H,48,53,54)/t29-,30-,36?. The minimum Gasteiger partial charge on any atom is -0.474 e. The molecule has 1 atom stereocenters. The van der Waals surface area contributed by atoms with Gasteiger partial charge in [0.15, 0.2) is 0 Å². The molecule has 1 saturated carbocycles. The van der Waals surface area contributed by atoms with Gasteiger partial charge in [0, 0.05) is 118 Å². The largest absolute Gasteiger partial charge is 0.474 e. The molecule has 1 unspecified atom stereocenters. The minimum atomic E-state index is -2.87. The second-order valence-corrected chi connectivity index (χ2v) is 15.7. The maximum absolute atomic E-state index is 15.0. The molecule has 15 heteroatoms. The minimum absolute atomic E-state index is 0.0261. The Kier molecular flexibility index (Phi) is 9.88. The van der Waals surface area contributed by atoms with Crippen LogP contribution in [0.4, 0.5) is 14.5 Å². The highest BCUT2D eigenvalue weighted by Crippen LogP contribution is 2.34. The number of alkyl halides is 2. The molecule has 3 aliphatic heterocycles. The van der Waals surface area contributed by atoms with E-state index in [9.17, 15) is 19.2 Å². The van der Waals surface area contributed by atoms with Gasteiger partial charge in [0.1, 0.15) is 12.1 Å². The molecule has 300 valence electrons. The molecule has 58 heavy (non-hydrogen) atoms. The van der Waals surface area contributed by atoms with Gasteiger partial charge in [-0.3, -0.25) is 39.3 Å². The number of amides is 4. The van der Waals surface area contributed by atoms with Crippen LogP contribution in [0.15, 0.2) is 73.2 Å². The smallest absolute Gasteiger partial charge is 0.262 e. The first-order valence-electron chi connectivity index (χ1n) is 19.8. The summed E-state index contributed by atoms with van der Waals surface area (Å²) in [5.41, 5.74) is 5.41. The molecule has 5 aromatic rings. The second-order valence-electron chi connectivity index (χ2n) is 15.7. The van der Waals surface area contributed by atoms with Crippen LogP contribution in [0, 0.1) is 0 Å². The third kappa shape index (κ3) is 7.28. The van der Waals surface area contributed by atoms with Gasteiger partial charge < -0.3 is 18.9 Å². The molecule has 3 aromatic heterocycles. The Morgan fingerprint density at radius 2 is 1.64 bits per heavy atom. The van der Waals surface area contributed by atoms with Gasteiger partial charge in [-0.2, -0.15) is 0 Å². The summed E-state index contributed by atoms with van der Waals surface area (Å²) in [6, 6.07) is 16.2. The molecule has 4 amide bonds. The number of rotatable bonds is 12. The maximum Gasteiger partial charge on any atom is 0.262 e. The summed E-state index contributed by atoms with van der Waals surface area (Å²) in [5, 5.41) is 4.48. The van der Waals surface area contributed by atoms with Crippen LogP contribution in [0.5, 0.6) is 5.88 Å². The lowest BCUT2D eigenvalue weighted by Gasteiger charge is -2.37. The monoisotopic (exact) mass is 791 g/mol. The quantitative estimate of drug-likeness (QED) is 0.130. The lowest BCUT2D eigenvalue weighted by Crippen LogP contribution is -2.54. The van der Waals surface area contributed by atoms with Gasteiger partial charge in [-0.15, -0.1) is 0 Å². The lowest BCUT2D eigenvalue weighted by molar-refractivity contribution is -0.136. The molecule has 0 spiro atoms. The number of ether oxygens (including phenoxy) is 2. The molecule has 1 aliphatic carbocycles. The number of nitrogens with one attached hydrogen (secondary N) is 1. The summed E-state index contributed by atoms with van der Waals surface area (Å²) in [6.07, 6.45) is 6.93. The fourth-order valence-corrected chi connectivity index (χ4v) is 8.58. The van der Waals surface area contributed by atoms with E-state index in [2.05, 4.69) is 45.1 Å². The van der Waals surface area contributed by atoms with E-state index in [1.165, 1.54) is 0 Å². The highest BCUT2D eigenvalue weighted by molar-refractivity contribution is 6.23. The number of halogens is 2. The zero-order valence-corrected chi connectivity index (χ0v) is 32.0. The molecule has 6 heterocycles. The SMILES string of the molecule is Cn1c2ccncc2c2ccc(-c3ccc(O[C@H]4C[C@H](OCCCC(F)(F)CN5CCN(c6ccc7c(c6)C(=O)N(C6CCC(=O)NC6=O)C7=O)CC5)C4)nc3)cc21. The number of hydrogen-bond acceptors (Lipinski definition) is 10. The Bertz CT molecular complexity index is 2420. The van der Waals surface area contributed by atoms with Crippen LogP contribution in [0.1, 0.15) is 59.2 Å². The maximum atomic E-state index is 15.0. The van der Waals surface area contributed by atoms with Crippen LogP contribution in [0.3, 0.4) is 0 Å². The van der Waals surface area contributed by atoms with Gasteiger partial charge in [0.2, 0.25) is 17.7 Å². The molecule has 0 radical (unpaired) electrons. The number of benzene rings is 2. The van der Waals surface area contributed by atoms with Gasteiger partial charge in [-0.05, 0) is 54.8 Å². The lowest BCUT2D eigenvalue weighted by atomic mass is 9.92. The fraction of sp³-hybridized carbons (Fsp3) is 0.395. The number of carbonyl (C=O) groups is 4. The Morgan fingerprint density at radius 1 is 0.845 bits per heavy atom. The number of piperidine rings is 1. The zero-order chi connectivity index (χ0) is 40.1. The summed E-state index contributed by atoms with van der Waals surface area (Å²) in [4.78, 5) is 63.7. The first-order chi connectivity index (χ1) is 28.0. The predicted molar refractivity (Wildman–Crippen MR) is 211 cm³/mol. The van der Waals surface area contributed by atoms with Crippen molar-refractivity contribution in [2.75, 3.05) is 44.2 Å². The summed E-state index contributed by atoms with van der Waals surface area (Å²) >= 11 is 0. The molecule has 4 aliphatic rings. The van der Waals surface area contributed by atoms with E-state index in [1.807, 2.05) is 35.5 Å². The molecular weight excluding hydrogens is 749 g/mol. The average Bonchev–Trinajstić information content (AvgIpc) is 3.63. The van der Waals surface area contributed by atoms with E-state index in [1.54, 1.807) is 29.3 Å². The number of piperazine rings is 1. The molecule has 2 aromatic carbocycles. The van der Waals surface area contributed by atoms with Crippen molar-refractivity contribution in [3.05, 3.63) is 84.3 Å². The first kappa shape index (κ1) is 37.8. The van der Waals surface area contributed by atoms with Gasteiger partial charge in [-0.1, -0.05) is 12.1 Å². The molecular formula is C43H43F2N7O6. The summed E-state index contributed by atoms with van der Waals surface area (Å²) in [6.45, 7) is 1.69. The molecule has 2 saturated heterocycles. The van der Waals surface area contributed by atoms with Crippen LogP contribution in [0.2, 0.25) is 0 Å². The zero-order valence-electron chi connectivity index (χ0n) is 32.0. The van der Waals surface area contributed by atoms with Gasteiger partial charge in [0.05, 0.1) is 29.3 Å². The number of carbonyl (C=O) groups excluding carboxylic acids is 4. The molecule has 9 rings (SSSR count). The average molecular weight is 792 g/mol. The number of anilines is 1. The topological polar surface area (TPSA) is 139 Å². The number of aromatic nitrogens is 3. The van der Waals surface area contributed by atoms with E-state index in [0.717, 1.165) is 37.8 Å². The summed E-state index contributed by atoms with van der Waals surface area (Å²) < 4.78 is 44.2. The number of fused-ring (bicyclic) bond motifs is 4. The third-order valence-electron chi connectivity index (χ3n) is 11.9. The van der Waals surface area contributed by atoms with E-state index in [-0.39, 0.29) is 62.2 Å². The molecule has 13 nitrogen and oxygen atoms in total. The van der Waals surface area contributed by atoms with E-state index >= 15 is 8.78 Å². The van der Waals surface area contributed by atoms with Crippen molar-refractivity contribution in [2.24, 2.45) is 7.05 Å². The fourth-order valence-electron chi connectivity index (χ4n) is 8.58. The highest BCUT2D eigenvalue weighted by Gasteiger charge is 2.45. The second kappa shape index (κ2) is 15.2. The van der Waals surface area contributed by atoms with Crippen LogP contribution in [0.25, 0.3) is 32.9 Å². The number of aryl methyl sites for hydroxylation is 1. The number of hydrogen-bond donors (Lipinski definition) is 1. The predicted octanol–water partition coefficient (Wildman–Crippen LogP) is 5.35. The van der Waals surface area contributed by atoms with Crippen LogP contribution >= 0.6 is 0 Å². The Hall–Kier alpha value is -5.80. The Labute approximate surface area is 332 Å². The van der Waals surface area contributed by atoms with Gasteiger partial charge in [-0.25, -0.2) is 13.8 Å². The highest BCUT2D eigenvalue weighted by atomic mass is 19.3. The number of pyridine rings is 2. The number of nitrogens with zero attached hydrogens (tertiary/aromatic N) is 6. The van der Waals surface area contributed by atoms with Crippen LogP contribution in [-0.4, -0.2) is 111 Å². The van der Waals surface area contributed by atoms with Crippen LogP contribution in [-0.2, 0) is 21.4 Å². The Morgan fingerprint density at radius 3 is 2.41 bits per heavy atom. The van der Waals surface area contributed by atoms with E-state index in [0.29, 0.717) is 50.6 Å². The Balaban J connectivity index is 0.685. The summed E-state index contributed by atoms with van der Waals surface area (Å²) in [5.74, 6) is -4.56. The van der Waals surface area contributed by atoms with Crippen molar-refractivity contribution < 1.29 is 37.4 Å². The van der Waals surface area contributed by atoms with Crippen molar-refractivity contribution in [3.63, 3.8) is 0 Å². The number of imide groups is 2. The van der Waals surface area contributed by atoms with Crippen molar-refractivity contribution >= 4 is 51.1 Å². The molecule has 3 fully saturated rings. The van der Waals surface area contributed by atoms with Crippen molar-refractivity contribution in [1.82, 2.24) is 29.7 Å².